The normalized spacial score (nSPS) is 13.1. The van der Waals surface area contributed by atoms with E-state index in [0.29, 0.717) is 0 Å². The van der Waals surface area contributed by atoms with Crippen molar-refractivity contribution in [2.24, 2.45) is 0 Å². The summed E-state index contributed by atoms with van der Waals surface area (Å²) in [5.41, 5.74) is 2.27. The molecule has 1 unspecified atom stereocenters. The third-order valence-corrected chi connectivity index (χ3v) is 4.63. The van der Waals surface area contributed by atoms with Crippen LogP contribution in [0.15, 0.2) is 54.6 Å². The van der Waals surface area contributed by atoms with E-state index in [-0.39, 0.29) is 17.3 Å². The maximum Gasteiger partial charge on any atom is 0.123 e. The van der Waals surface area contributed by atoms with Gasteiger partial charge in [0, 0.05) is 11.5 Å². The van der Waals surface area contributed by atoms with Crippen LogP contribution in [0.3, 0.4) is 0 Å². The molecule has 112 valence electrons. The minimum Gasteiger partial charge on any atom is -0.312 e. The van der Waals surface area contributed by atoms with E-state index in [1.54, 1.807) is 12.1 Å². The van der Waals surface area contributed by atoms with E-state index in [2.05, 4.69) is 43.4 Å². The number of rotatable bonds is 6. The van der Waals surface area contributed by atoms with Crippen LogP contribution in [0.1, 0.15) is 43.9 Å². The highest BCUT2D eigenvalue weighted by molar-refractivity contribution is 5.33. The van der Waals surface area contributed by atoms with E-state index < -0.39 is 0 Å². The zero-order valence-corrected chi connectivity index (χ0v) is 13.1. The van der Waals surface area contributed by atoms with Crippen LogP contribution in [-0.4, -0.2) is 7.05 Å². The first-order valence-electron chi connectivity index (χ1n) is 7.66. The van der Waals surface area contributed by atoms with Gasteiger partial charge in [0.2, 0.25) is 0 Å². The molecule has 0 amide bonds. The molecule has 0 aromatic heterocycles. The molecule has 0 heterocycles. The highest BCUT2D eigenvalue weighted by Gasteiger charge is 2.37. The van der Waals surface area contributed by atoms with Crippen molar-refractivity contribution in [1.82, 2.24) is 5.32 Å². The molecule has 0 saturated heterocycles. The predicted octanol–water partition coefficient (Wildman–Crippen LogP) is 4.84. The monoisotopic (exact) mass is 285 g/mol. The molecular weight excluding hydrogens is 261 g/mol. The highest BCUT2D eigenvalue weighted by Crippen LogP contribution is 2.43. The smallest absolute Gasteiger partial charge is 0.123 e. The number of hydrogen-bond acceptors (Lipinski definition) is 1. The molecule has 2 aromatic carbocycles. The van der Waals surface area contributed by atoms with Crippen molar-refractivity contribution < 1.29 is 4.39 Å². The molecular formula is C19H24FN. The summed E-state index contributed by atoms with van der Waals surface area (Å²) < 4.78 is 13.6. The van der Waals surface area contributed by atoms with Gasteiger partial charge in [-0.3, -0.25) is 0 Å². The van der Waals surface area contributed by atoms with Crippen LogP contribution in [0.25, 0.3) is 0 Å². The van der Waals surface area contributed by atoms with E-state index in [1.165, 1.54) is 11.6 Å². The van der Waals surface area contributed by atoms with Crippen LogP contribution < -0.4 is 5.32 Å². The summed E-state index contributed by atoms with van der Waals surface area (Å²) in [6, 6.07) is 17.6. The first kappa shape index (κ1) is 15.7. The predicted molar refractivity (Wildman–Crippen MR) is 86.9 cm³/mol. The van der Waals surface area contributed by atoms with E-state index >= 15 is 0 Å². The van der Waals surface area contributed by atoms with E-state index in [4.69, 9.17) is 0 Å². The minimum absolute atomic E-state index is 0.0379. The van der Waals surface area contributed by atoms with Gasteiger partial charge < -0.3 is 5.32 Å². The van der Waals surface area contributed by atoms with Gasteiger partial charge in [-0.1, -0.05) is 56.3 Å². The van der Waals surface area contributed by atoms with Gasteiger partial charge in [-0.15, -0.1) is 0 Å². The number of benzene rings is 2. The van der Waals surface area contributed by atoms with E-state index in [1.807, 2.05) is 19.2 Å². The average molecular weight is 285 g/mol. The van der Waals surface area contributed by atoms with E-state index in [9.17, 15) is 4.39 Å². The van der Waals surface area contributed by atoms with Gasteiger partial charge in [-0.05, 0) is 43.1 Å². The van der Waals surface area contributed by atoms with Crippen molar-refractivity contribution >= 4 is 0 Å². The van der Waals surface area contributed by atoms with Crippen molar-refractivity contribution in [3.05, 3.63) is 71.5 Å². The molecule has 1 atom stereocenters. The number of nitrogens with one attached hydrogen (secondary N) is 1. The van der Waals surface area contributed by atoms with Crippen molar-refractivity contribution in [2.45, 2.75) is 38.1 Å². The summed E-state index contributed by atoms with van der Waals surface area (Å²) >= 11 is 0. The second-order valence-corrected chi connectivity index (χ2v) is 5.51. The molecule has 2 rings (SSSR count). The Morgan fingerprint density at radius 1 is 1.00 bits per heavy atom. The molecule has 0 radical (unpaired) electrons. The fourth-order valence-electron chi connectivity index (χ4n) is 3.45. The summed E-state index contributed by atoms with van der Waals surface area (Å²) in [5, 5.41) is 3.42. The molecule has 0 saturated carbocycles. The van der Waals surface area contributed by atoms with Crippen molar-refractivity contribution in [1.29, 1.82) is 0 Å². The standard InChI is InChI=1S/C19H24FN/c1-4-19(5-2,16-11-7-6-8-12-16)18(21-3)15-10-9-13-17(20)14-15/h6-14,18,21H,4-5H2,1-3H3. The van der Waals surface area contributed by atoms with Gasteiger partial charge in [0.05, 0.1) is 0 Å². The highest BCUT2D eigenvalue weighted by atomic mass is 19.1. The molecule has 21 heavy (non-hydrogen) atoms. The Hall–Kier alpha value is -1.67. The number of likely N-dealkylation sites (N-methyl/N-ethyl adjacent to an activating group) is 1. The molecule has 0 bridgehead atoms. The Morgan fingerprint density at radius 2 is 1.67 bits per heavy atom. The first-order valence-corrected chi connectivity index (χ1v) is 7.66. The summed E-state index contributed by atoms with van der Waals surface area (Å²) in [5.74, 6) is -0.179. The summed E-state index contributed by atoms with van der Waals surface area (Å²) in [4.78, 5) is 0. The molecule has 0 aliphatic heterocycles. The number of hydrogen-bond donors (Lipinski definition) is 1. The maximum atomic E-state index is 13.6. The lowest BCUT2D eigenvalue weighted by Gasteiger charge is -2.40. The summed E-state index contributed by atoms with van der Waals surface area (Å²) in [6.45, 7) is 4.42. The second-order valence-electron chi connectivity index (χ2n) is 5.51. The third-order valence-electron chi connectivity index (χ3n) is 4.63. The lowest BCUT2D eigenvalue weighted by atomic mass is 9.68. The average Bonchev–Trinajstić information content (AvgIpc) is 2.53. The molecule has 0 aliphatic carbocycles. The zero-order chi connectivity index (χ0) is 15.3. The van der Waals surface area contributed by atoms with Crippen LogP contribution >= 0.6 is 0 Å². The van der Waals surface area contributed by atoms with Crippen molar-refractivity contribution in [3.8, 4) is 0 Å². The minimum atomic E-state index is -0.179. The third kappa shape index (κ3) is 3.01. The van der Waals surface area contributed by atoms with Gasteiger partial charge >= 0.3 is 0 Å². The molecule has 0 spiro atoms. The maximum absolute atomic E-state index is 13.6. The van der Waals surface area contributed by atoms with E-state index in [0.717, 1.165) is 18.4 Å². The second kappa shape index (κ2) is 6.86. The SMILES string of the molecule is CCC(CC)(c1ccccc1)C(NC)c1cccc(F)c1. The first-order chi connectivity index (χ1) is 10.2. The lowest BCUT2D eigenvalue weighted by Crippen LogP contribution is -2.39. The Labute approximate surface area is 127 Å². The lowest BCUT2D eigenvalue weighted by molar-refractivity contribution is 0.286. The van der Waals surface area contributed by atoms with Gasteiger partial charge in [-0.25, -0.2) is 4.39 Å². The molecule has 1 N–H and O–H groups in total. The largest absolute Gasteiger partial charge is 0.312 e. The topological polar surface area (TPSA) is 12.0 Å². The van der Waals surface area contributed by atoms with Gasteiger partial charge in [0.1, 0.15) is 5.82 Å². The number of halogens is 1. The van der Waals surface area contributed by atoms with Crippen molar-refractivity contribution in [3.63, 3.8) is 0 Å². The van der Waals surface area contributed by atoms with Gasteiger partial charge in [-0.2, -0.15) is 0 Å². The fraction of sp³-hybridized carbons (Fsp3) is 0.368. The molecule has 0 aliphatic rings. The Balaban J connectivity index is 2.54. The van der Waals surface area contributed by atoms with Crippen LogP contribution in [0.2, 0.25) is 0 Å². The zero-order valence-electron chi connectivity index (χ0n) is 13.1. The molecule has 2 aromatic rings. The Morgan fingerprint density at radius 3 is 2.19 bits per heavy atom. The van der Waals surface area contributed by atoms with Crippen LogP contribution in [-0.2, 0) is 5.41 Å². The van der Waals surface area contributed by atoms with Gasteiger partial charge in [0.15, 0.2) is 0 Å². The molecule has 1 nitrogen and oxygen atoms in total. The van der Waals surface area contributed by atoms with Crippen LogP contribution in [0.4, 0.5) is 4.39 Å². The van der Waals surface area contributed by atoms with Crippen LogP contribution in [0, 0.1) is 5.82 Å². The van der Waals surface area contributed by atoms with Crippen molar-refractivity contribution in [2.75, 3.05) is 7.05 Å². The summed E-state index contributed by atoms with van der Waals surface area (Å²) in [6.07, 6.45) is 1.99. The molecule has 2 heteroatoms. The van der Waals surface area contributed by atoms with Crippen LogP contribution in [0.5, 0.6) is 0 Å². The Kier molecular flexibility index (Phi) is 5.13. The fourth-order valence-corrected chi connectivity index (χ4v) is 3.45. The van der Waals surface area contributed by atoms with Gasteiger partial charge in [0.25, 0.3) is 0 Å². The quantitative estimate of drug-likeness (QED) is 0.800. The Bertz CT molecular complexity index is 561. The summed E-state index contributed by atoms with van der Waals surface area (Å²) in [7, 11) is 1.96. The molecule has 0 fully saturated rings.